The number of aryl methyl sites for hydroxylation is 1. The number of aromatic nitrogens is 2. The number of hydrogen-bond acceptors (Lipinski definition) is 4. The van der Waals surface area contributed by atoms with Gasteiger partial charge in [-0.1, -0.05) is 26.2 Å². The van der Waals surface area contributed by atoms with Crippen molar-refractivity contribution in [2.24, 2.45) is 7.05 Å². The third kappa shape index (κ3) is 4.81. The number of nitrogens with one attached hydrogen (secondary N) is 1. The minimum Gasteiger partial charge on any atom is -0.490 e. The van der Waals surface area contributed by atoms with Crippen LogP contribution in [0.3, 0.4) is 0 Å². The maximum atomic E-state index is 12.8. The molecule has 146 valence electrons. The van der Waals surface area contributed by atoms with Crippen LogP contribution in [0.1, 0.15) is 56.3 Å². The normalized spacial score (nSPS) is 14.5. The molecule has 1 unspecified atom stereocenters. The smallest absolute Gasteiger partial charge is 0.255 e. The molecule has 0 radical (unpaired) electrons. The minimum atomic E-state index is -0.0887. The van der Waals surface area contributed by atoms with Gasteiger partial charge in [0.05, 0.1) is 18.8 Å². The molecule has 1 aliphatic heterocycles. The molecule has 3 rings (SSSR count). The van der Waals surface area contributed by atoms with Crippen LogP contribution in [0.5, 0.6) is 11.5 Å². The zero-order valence-corrected chi connectivity index (χ0v) is 16.5. The van der Waals surface area contributed by atoms with Crippen LogP contribution in [0, 0.1) is 0 Å². The van der Waals surface area contributed by atoms with Crippen molar-refractivity contribution in [3.8, 4) is 22.8 Å². The standard InChI is InChI=1S/C21H29N3O3/c1-4-5-6-8-15(2)22-21(25)17-14-24(3)23-20(17)16-9-10-18-19(13-16)27-12-7-11-26-18/h9-10,13-15H,4-8,11-12H2,1-3H3,(H,22,25). The Labute approximate surface area is 160 Å². The van der Waals surface area contributed by atoms with Crippen LogP contribution in [0.15, 0.2) is 24.4 Å². The second-order valence-electron chi connectivity index (χ2n) is 7.15. The molecule has 0 spiro atoms. The van der Waals surface area contributed by atoms with E-state index in [2.05, 4.69) is 24.3 Å². The average Bonchev–Trinajstić information content (AvgIpc) is 2.89. The summed E-state index contributed by atoms with van der Waals surface area (Å²) in [5.41, 5.74) is 2.09. The van der Waals surface area contributed by atoms with E-state index < -0.39 is 0 Å². The van der Waals surface area contributed by atoms with Gasteiger partial charge in [-0.05, 0) is 31.5 Å². The molecular weight excluding hydrogens is 342 g/mol. The Kier molecular flexibility index (Phi) is 6.37. The molecule has 1 N–H and O–H groups in total. The van der Waals surface area contributed by atoms with E-state index in [-0.39, 0.29) is 11.9 Å². The van der Waals surface area contributed by atoms with Gasteiger partial charge < -0.3 is 14.8 Å². The summed E-state index contributed by atoms with van der Waals surface area (Å²) in [6, 6.07) is 5.86. The highest BCUT2D eigenvalue weighted by Gasteiger charge is 2.20. The molecule has 0 bridgehead atoms. The van der Waals surface area contributed by atoms with Crippen LogP contribution in [0.25, 0.3) is 11.3 Å². The van der Waals surface area contributed by atoms with Gasteiger partial charge in [-0.2, -0.15) is 5.10 Å². The number of ether oxygens (including phenoxy) is 2. The number of unbranched alkanes of at least 4 members (excludes halogenated alkanes) is 2. The first-order valence-corrected chi connectivity index (χ1v) is 9.83. The Bertz CT molecular complexity index is 785. The monoisotopic (exact) mass is 371 g/mol. The largest absolute Gasteiger partial charge is 0.490 e. The Morgan fingerprint density at radius 1 is 1.26 bits per heavy atom. The molecule has 2 heterocycles. The van der Waals surface area contributed by atoms with Crippen LogP contribution in [0.2, 0.25) is 0 Å². The van der Waals surface area contributed by atoms with E-state index >= 15 is 0 Å². The SMILES string of the molecule is CCCCCC(C)NC(=O)c1cn(C)nc1-c1ccc2c(c1)OCCCO2. The summed E-state index contributed by atoms with van der Waals surface area (Å²) in [5.74, 6) is 1.35. The van der Waals surface area contributed by atoms with Gasteiger partial charge in [0.25, 0.3) is 5.91 Å². The molecule has 1 aromatic heterocycles. The fraction of sp³-hybridized carbons (Fsp3) is 0.524. The van der Waals surface area contributed by atoms with Gasteiger partial charge in [0.15, 0.2) is 11.5 Å². The number of benzene rings is 1. The number of nitrogens with zero attached hydrogens (tertiary/aromatic N) is 2. The summed E-state index contributed by atoms with van der Waals surface area (Å²) < 4.78 is 13.1. The topological polar surface area (TPSA) is 65.4 Å². The third-order valence-corrected chi connectivity index (χ3v) is 4.71. The van der Waals surface area contributed by atoms with E-state index in [0.717, 1.165) is 30.6 Å². The Hall–Kier alpha value is -2.50. The van der Waals surface area contributed by atoms with Crippen molar-refractivity contribution in [2.45, 2.75) is 52.0 Å². The number of amides is 1. The molecule has 1 atom stereocenters. The van der Waals surface area contributed by atoms with Crippen LogP contribution in [0.4, 0.5) is 0 Å². The molecule has 6 heteroatoms. The molecule has 2 aromatic rings. The molecule has 6 nitrogen and oxygen atoms in total. The van der Waals surface area contributed by atoms with E-state index in [9.17, 15) is 4.79 Å². The van der Waals surface area contributed by atoms with Gasteiger partial charge in [-0.25, -0.2) is 0 Å². The highest BCUT2D eigenvalue weighted by molar-refractivity contribution is 6.00. The lowest BCUT2D eigenvalue weighted by molar-refractivity contribution is 0.0938. The summed E-state index contributed by atoms with van der Waals surface area (Å²) in [5, 5.41) is 7.62. The van der Waals surface area contributed by atoms with Crippen molar-refractivity contribution in [3.05, 3.63) is 30.0 Å². The summed E-state index contributed by atoms with van der Waals surface area (Å²) in [7, 11) is 1.83. The molecular formula is C21H29N3O3. The van der Waals surface area contributed by atoms with Gasteiger partial charge >= 0.3 is 0 Å². The molecule has 0 saturated heterocycles. The lowest BCUT2D eigenvalue weighted by Gasteiger charge is -2.14. The summed E-state index contributed by atoms with van der Waals surface area (Å²) in [6.45, 7) is 5.51. The van der Waals surface area contributed by atoms with E-state index in [0.29, 0.717) is 30.2 Å². The van der Waals surface area contributed by atoms with Crippen molar-refractivity contribution in [3.63, 3.8) is 0 Å². The highest BCUT2D eigenvalue weighted by atomic mass is 16.5. The maximum Gasteiger partial charge on any atom is 0.255 e. The number of hydrogen-bond donors (Lipinski definition) is 1. The Morgan fingerprint density at radius 3 is 2.81 bits per heavy atom. The van der Waals surface area contributed by atoms with Gasteiger partial charge in [-0.15, -0.1) is 0 Å². The van der Waals surface area contributed by atoms with Crippen LogP contribution in [-0.4, -0.2) is 34.9 Å². The predicted molar refractivity (Wildman–Crippen MR) is 105 cm³/mol. The Morgan fingerprint density at radius 2 is 2.04 bits per heavy atom. The fourth-order valence-corrected chi connectivity index (χ4v) is 3.25. The first kappa shape index (κ1) is 19.3. The van der Waals surface area contributed by atoms with Crippen molar-refractivity contribution in [1.82, 2.24) is 15.1 Å². The number of carbonyl (C=O) groups excluding carboxylic acids is 1. The van der Waals surface area contributed by atoms with Gasteiger partial charge in [0.1, 0.15) is 5.69 Å². The van der Waals surface area contributed by atoms with Gasteiger partial charge in [-0.3, -0.25) is 9.48 Å². The first-order valence-electron chi connectivity index (χ1n) is 9.83. The second-order valence-corrected chi connectivity index (χ2v) is 7.15. The summed E-state index contributed by atoms with van der Waals surface area (Å²) in [4.78, 5) is 12.8. The predicted octanol–water partition coefficient (Wildman–Crippen LogP) is 3.95. The van der Waals surface area contributed by atoms with Crippen molar-refractivity contribution in [1.29, 1.82) is 0 Å². The van der Waals surface area contributed by atoms with Crippen molar-refractivity contribution < 1.29 is 14.3 Å². The summed E-state index contributed by atoms with van der Waals surface area (Å²) in [6.07, 6.45) is 7.11. The van der Waals surface area contributed by atoms with E-state index in [1.54, 1.807) is 10.9 Å². The number of rotatable bonds is 7. The Balaban J connectivity index is 1.79. The quantitative estimate of drug-likeness (QED) is 0.749. The third-order valence-electron chi connectivity index (χ3n) is 4.71. The van der Waals surface area contributed by atoms with Gasteiger partial charge in [0, 0.05) is 31.3 Å². The van der Waals surface area contributed by atoms with E-state index in [1.165, 1.54) is 12.8 Å². The maximum absolute atomic E-state index is 12.8. The van der Waals surface area contributed by atoms with E-state index in [4.69, 9.17) is 9.47 Å². The zero-order chi connectivity index (χ0) is 19.2. The first-order chi connectivity index (χ1) is 13.1. The molecule has 0 saturated carbocycles. The lowest BCUT2D eigenvalue weighted by Crippen LogP contribution is -2.32. The molecule has 27 heavy (non-hydrogen) atoms. The minimum absolute atomic E-state index is 0.0887. The van der Waals surface area contributed by atoms with Crippen LogP contribution in [-0.2, 0) is 7.05 Å². The lowest BCUT2D eigenvalue weighted by atomic mass is 10.1. The van der Waals surface area contributed by atoms with Crippen molar-refractivity contribution in [2.75, 3.05) is 13.2 Å². The molecule has 1 aliphatic rings. The summed E-state index contributed by atoms with van der Waals surface area (Å²) >= 11 is 0. The van der Waals surface area contributed by atoms with Crippen LogP contribution < -0.4 is 14.8 Å². The molecule has 0 fully saturated rings. The average molecular weight is 371 g/mol. The van der Waals surface area contributed by atoms with Crippen molar-refractivity contribution >= 4 is 5.91 Å². The fourth-order valence-electron chi connectivity index (χ4n) is 3.25. The van der Waals surface area contributed by atoms with E-state index in [1.807, 2.05) is 25.2 Å². The number of fused-ring (bicyclic) bond motifs is 1. The second kappa shape index (κ2) is 8.93. The highest BCUT2D eigenvalue weighted by Crippen LogP contribution is 2.34. The van der Waals surface area contributed by atoms with Gasteiger partial charge in [0.2, 0.25) is 0 Å². The molecule has 1 aromatic carbocycles. The zero-order valence-electron chi connectivity index (χ0n) is 16.5. The molecule has 0 aliphatic carbocycles. The van der Waals surface area contributed by atoms with Crippen LogP contribution >= 0.6 is 0 Å². The molecule has 1 amide bonds. The number of carbonyl (C=O) groups is 1.